The quantitative estimate of drug-likeness (QED) is 0.554. The summed E-state index contributed by atoms with van der Waals surface area (Å²) < 4.78 is 42.1. The molecule has 9 heavy (non-hydrogen) atoms. The molecular formula is C6H11F3. The highest BCUT2D eigenvalue weighted by Gasteiger charge is 2.36. The summed E-state index contributed by atoms with van der Waals surface area (Å²) >= 11 is 0. The number of hydrogen-bond donors (Lipinski definition) is 0. The van der Waals surface area contributed by atoms with Crippen molar-refractivity contribution in [1.29, 1.82) is 0 Å². The van der Waals surface area contributed by atoms with E-state index in [0.717, 1.165) is 0 Å². The minimum absolute atomic E-state index is 0.0694. The molecule has 0 fully saturated rings. The third-order valence-electron chi connectivity index (χ3n) is 1.30. The van der Waals surface area contributed by atoms with E-state index in [1.54, 1.807) is 0 Å². The molecule has 0 heterocycles. The third-order valence-corrected chi connectivity index (χ3v) is 1.30. The Labute approximate surface area is 54.5 Å². The topological polar surface area (TPSA) is 0 Å². The van der Waals surface area contributed by atoms with Crippen LogP contribution in [0.3, 0.4) is 0 Å². The fraction of sp³-hybridized carbons (Fsp3) is 1.00. The summed E-state index contributed by atoms with van der Waals surface area (Å²) in [5, 5.41) is 0. The highest BCUT2D eigenvalue weighted by molar-refractivity contribution is 4.62. The largest absolute Gasteiger partial charge is 0.391 e. The molecule has 1 unspecified atom stereocenters. The maximum Gasteiger partial charge on any atom is 0.391 e. The van der Waals surface area contributed by atoms with Gasteiger partial charge in [-0.3, -0.25) is 0 Å². The van der Waals surface area contributed by atoms with Crippen molar-refractivity contribution < 1.29 is 14.5 Å². The van der Waals surface area contributed by atoms with E-state index in [4.69, 9.17) is 1.37 Å². The van der Waals surface area contributed by atoms with E-state index in [-0.39, 0.29) is 19.7 Å². The van der Waals surface area contributed by atoms with Gasteiger partial charge < -0.3 is 0 Å². The number of alkyl halides is 3. The van der Waals surface area contributed by atoms with Crippen molar-refractivity contribution in [2.24, 2.45) is 5.92 Å². The SMILES string of the molecule is [2H]CCC(CC)C(F)(F)F. The van der Waals surface area contributed by atoms with Gasteiger partial charge in [-0.2, -0.15) is 13.2 Å². The molecule has 0 amide bonds. The van der Waals surface area contributed by atoms with Crippen molar-refractivity contribution >= 4 is 0 Å². The number of halogens is 3. The van der Waals surface area contributed by atoms with Gasteiger partial charge in [0.1, 0.15) is 0 Å². The van der Waals surface area contributed by atoms with Crippen LogP contribution in [-0.4, -0.2) is 6.18 Å². The van der Waals surface area contributed by atoms with Crippen LogP contribution in [0.1, 0.15) is 28.0 Å². The summed E-state index contributed by atoms with van der Waals surface area (Å²) in [5.41, 5.74) is 0. The highest BCUT2D eigenvalue weighted by Crippen LogP contribution is 2.30. The molecule has 0 aliphatic carbocycles. The van der Waals surface area contributed by atoms with Gasteiger partial charge >= 0.3 is 6.18 Å². The lowest BCUT2D eigenvalue weighted by Crippen LogP contribution is -2.20. The predicted octanol–water partition coefficient (Wildman–Crippen LogP) is 2.98. The van der Waals surface area contributed by atoms with Crippen molar-refractivity contribution in [3.63, 3.8) is 0 Å². The lowest BCUT2D eigenvalue weighted by Gasteiger charge is -2.15. The summed E-state index contributed by atoms with van der Waals surface area (Å²) in [6.45, 7) is 1.35. The zero-order valence-electron chi connectivity index (χ0n) is 6.33. The van der Waals surface area contributed by atoms with Crippen molar-refractivity contribution in [2.45, 2.75) is 32.8 Å². The first-order valence-corrected chi connectivity index (χ1v) is 2.88. The molecule has 0 aromatic carbocycles. The number of hydrogen-bond acceptors (Lipinski definition) is 0. The van der Waals surface area contributed by atoms with E-state index in [0.29, 0.717) is 0 Å². The Kier molecular flexibility index (Phi) is 2.37. The smallest absolute Gasteiger partial charge is 0.171 e. The average Bonchev–Trinajstić information content (AvgIpc) is 1.80. The van der Waals surface area contributed by atoms with E-state index >= 15 is 0 Å². The predicted molar refractivity (Wildman–Crippen MR) is 30.1 cm³/mol. The zero-order chi connectivity index (χ0) is 8.20. The fourth-order valence-electron chi connectivity index (χ4n) is 0.599. The van der Waals surface area contributed by atoms with Gasteiger partial charge in [-0.1, -0.05) is 13.8 Å². The van der Waals surface area contributed by atoms with Gasteiger partial charge in [0.15, 0.2) is 0 Å². The first-order valence-electron chi connectivity index (χ1n) is 3.59. The summed E-state index contributed by atoms with van der Waals surface area (Å²) in [6, 6.07) is 0. The molecule has 0 spiro atoms. The molecule has 0 aliphatic heterocycles. The molecule has 0 saturated heterocycles. The molecule has 0 rings (SSSR count). The third kappa shape index (κ3) is 2.72. The Morgan fingerprint density at radius 1 is 1.44 bits per heavy atom. The molecule has 0 radical (unpaired) electrons. The first kappa shape index (κ1) is 6.90. The molecule has 0 aromatic heterocycles. The second kappa shape index (κ2) is 3.08. The van der Waals surface area contributed by atoms with Gasteiger partial charge in [-0.15, -0.1) is 0 Å². The van der Waals surface area contributed by atoms with Gasteiger partial charge in [0.05, 0.1) is 5.92 Å². The first-order chi connectivity index (χ1) is 4.52. The van der Waals surface area contributed by atoms with Crippen LogP contribution in [0.5, 0.6) is 0 Å². The fourth-order valence-corrected chi connectivity index (χ4v) is 0.599. The summed E-state index contributed by atoms with van der Waals surface area (Å²) in [7, 11) is 0. The normalized spacial score (nSPS) is 17.1. The van der Waals surface area contributed by atoms with Crippen molar-refractivity contribution in [3.8, 4) is 0 Å². The van der Waals surface area contributed by atoms with Crippen LogP contribution in [0.25, 0.3) is 0 Å². The van der Waals surface area contributed by atoms with Gasteiger partial charge in [-0.05, 0) is 12.8 Å². The van der Waals surface area contributed by atoms with E-state index < -0.39 is 12.1 Å². The average molecular weight is 141 g/mol. The second-order valence-corrected chi connectivity index (χ2v) is 1.94. The van der Waals surface area contributed by atoms with E-state index in [9.17, 15) is 13.2 Å². The van der Waals surface area contributed by atoms with Gasteiger partial charge in [0.25, 0.3) is 0 Å². The second-order valence-electron chi connectivity index (χ2n) is 1.94. The van der Waals surface area contributed by atoms with Crippen LogP contribution in [0.2, 0.25) is 0 Å². The molecule has 0 N–H and O–H groups in total. The van der Waals surface area contributed by atoms with Crippen LogP contribution >= 0.6 is 0 Å². The molecule has 1 atom stereocenters. The molecule has 0 bridgehead atoms. The lowest BCUT2D eigenvalue weighted by atomic mass is 10.0. The maximum absolute atomic E-state index is 11.8. The molecule has 0 aliphatic rings. The van der Waals surface area contributed by atoms with Crippen molar-refractivity contribution in [2.75, 3.05) is 0 Å². The summed E-state index contributed by atoms with van der Waals surface area (Å²) in [5.74, 6) is -1.27. The Morgan fingerprint density at radius 2 is 2.00 bits per heavy atom. The van der Waals surface area contributed by atoms with E-state index in [2.05, 4.69) is 0 Å². The maximum atomic E-state index is 11.8. The molecule has 56 valence electrons. The van der Waals surface area contributed by atoms with Crippen LogP contribution in [-0.2, 0) is 0 Å². The summed E-state index contributed by atoms with van der Waals surface area (Å²) in [4.78, 5) is 0. The zero-order valence-corrected chi connectivity index (χ0v) is 5.33. The minimum Gasteiger partial charge on any atom is -0.171 e. The van der Waals surface area contributed by atoms with Gasteiger partial charge in [0, 0.05) is 1.37 Å². The van der Waals surface area contributed by atoms with Crippen LogP contribution in [0, 0.1) is 5.92 Å². The van der Waals surface area contributed by atoms with Crippen LogP contribution < -0.4 is 0 Å². The van der Waals surface area contributed by atoms with Crippen molar-refractivity contribution in [3.05, 3.63) is 0 Å². The minimum atomic E-state index is -4.10. The van der Waals surface area contributed by atoms with Crippen LogP contribution in [0.15, 0.2) is 0 Å². The van der Waals surface area contributed by atoms with Gasteiger partial charge in [0.2, 0.25) is 0 Å². The highest BCUT2D eigenvalue weighted by atomic mass is 19.4. The standard InChI is InChI=1S/C6H11F3/c1-3-5(4-2)6(7,8)9/h5H,3-4H2,1-2H3/i1D. The Morgan fingerprint density at radius 3 is 2.11 bits per heavy atom. The number of rotatable bonds is 2. The molecular weight excluding hydrogens is 129 g/mol. The van der Waals surface area contributed by atoms with E-state index in [1.807, 2.05) is 0 Å². The van der Waals surface area contributed by atoms with Crippen molar-refractivity contribution in [1.82, 2.24) is 0 Å². The monoisotopic (exact) mass is 141 g/mol. The molecule has 0 aromatic rings. The van der Waals surface area contributed by atoms with E-state index in [1.165, 1.54) is 6.92 Å². The molecule has 3 heteroatoms. The lowest BCUT2D eigenvalue weighted by molar-refractivity contribution is -0.175. The molecule has 0 saturated carbocycles. The Bertz CT molecular complexity index is 89.5. The Hall–Kier alpha value is -0.210. The Balaban J connectivity index is 3.81. The van der Waals surface area contributed by atoms with Crippen LogP contribution in [0.4, 0.5) is 13.2 Å². The van der Waals surface area contributed by atoms with Gasteiger partial charge in [-0.25, -0.2) is 0 Å². The summed E-state index contributed by atoms with van der Waals surface area (Å²) in [6.07, 6.45) is -4.09. The molecule has 0 nitrogen and oxygen atoms in total.